The van der Waals surface area contributed by atoms with Crippen molar-refractivity contribution in [1.29, 1.82) is 0 Å². The summed E-state index contributed by atoms with van der Waals surface area (Å²) in [5.41, 5.74) is -2.37. The number of hydrogen-bond donors (Lipinski definition) is 2. The molecule has 0 aromatic heterocycles. The number of rotatable bonds is 2. The van der Waals surface area contributed by atoms with E-state index in [4.69, 9.17) is 5.84 Å². The third-order valence-corrected chi connectivity index (χ3v) is 2.11. The molecular formula is C7H6F4N2S. The zero-order valence-corrected chi connectivity index (χ0v) is 7.55. The summed E-state index contributed by atoms with van der Waals surface area (Å²) in [6, 6.07) is 2.94. The van der Waals surface area contributed by atoms with Gasteiger partial charge in [0.05, 0.1) is 5.69 Å². The van der Waals surface area contributed by atoms with Crippen LogP contribution >= 0.6 is 11.8 Å². The molecular weight excluding hydrogens is 220 g/mol. The molecule has 0 radical (unpaired) electrons. The number of alkyl halides is 3. The molecule has 0 amide bonds. The average molecular weight is 226 g/mol. The number of anilines is 1. The molecule has 3 N–H and O–H groups in total. The maximum Gasteiger partial charge on any atom is 0.446 e. The van der Waals surface area contributed by atoms with Crippen molar-refractivity contribution in [2.75, 3.05) is 5.43 Å². The van der Waals surface area contributed by atoms with Gasteiger partial charge >= 0.3 is 5.51 Å². The third kappa shape index (κ3) is 3.08. The lowest BCUT2D eigenvalue weighted by Crippen LogP contribution is -2.09. The molecule has 1 aromatic carbocycles. The molecule has 0 aliphatic carbocycles. The van der Waals surface area contributed by atoms with Gasteiger partial charge in [-0.05, 0) is 30.0 Å². The number of hydrazine groups is 1. The maximum atomic E-state index is 12.6. The van der Waals surface area contributed by atoms with Gasteiger partial charge in [-0.15, -0.1) is 0 Å². The van der Waals surface area contributed by atoms with Gasteiger partial charge in [0, 0.05) is 4.90 Å². The highest BCUT2D eigenvalue weighted by atomic mass is 32.2. The number of thioether (sulfide) groups is 1. The van der Waals surface area contributed by atoms with Crippen LogP contribution in [0.15, 0.2) is 23.1 Å². The van der Waals surface area contributed by atoms with Crippen LogP contribution in [0.1, 0.15) is 0 Å². The van der Waals surface area contributed by atoms with Crippen LogP contribution in [-0.2, 0) is 0 Å². The Morgan fingerprint density at radius 2 is 1.93 bits per heavy atom. The summed E-state index contributed by atoms with van der Waals surface area (Å²) in [4.78, 5) is -0.292. The molecule has 0 fully saturated rings. The number of nitrogens with two attached hydrogens (primary N) is 1. The lowest BCUT2D eigenvalue weighted by molar-refractivity contribution is -0.0327. The van der Waals surface area contributed by atoms with Crippen LogP contribution < -0.4 is 11.3 Å². The minimum atomic E-state index is -4.46. The molecule has 0 saturated carbocycles. The Bertz CT molecular complexity index is 326. The van der Waals surface area contributed by atoms with Crippen molar-refractivity contribution in [3.05, 3.63) is 24.0 Å². The van der Waals surface area contributed by atoms with Crippen molar-refractivity contribution < 1.29 is 17.6 Å². The molecule has 14 heavy (non-hydrogen) atoms. The van der Waals surface area contributed by atoms with Crippen molar-refractivity contribution in [3.8, 4) is 0 Å². The van der Waals surface area contributed by atoms with Gasteiger partial charge in [-0.2, -0.15) is 13.2 Å². The molecule has 0 saturated heterocycles. The number of nitrogens with one attached hydrogen (secondary N) is 1. The minimum Gasteiger partial charge on any atom is -0.323 e. The van der Waals surface area contributed by atoms with E-state index in [0.29, 0.717) is 0 Å². The van der Waals surface area contributed by atoms with Gasteiger partial charge in [-0.3, -0.25) is 5.84 Å². The molecule has 78 valence electrons. The Hall–Kier alpha value is -0.950. The standard InChI is InChI=1S/C7H6F4N2S/c8-4-1-2-5(13-12)6(3-4)14-7(9,10)11/h1-3,13H,12H2. The van der Waals surface area contributed by atoms with Crippen LogP contribution in [0, 0.1) is 5.82 Å². The highest BCUT2D eigenvalue weighted by Crippen LogP contribution is 2.40. The first-order chi connectivity index (χ1) is 6.42. The number of halogens is 4. The van der Waals surface area contributed by atoms with Crippen molar-refractivity contribution in [2.45, 2.75) is 10.4 Å². The molecule has 1 aromatic rings. The van der Waals surface area contributed by atoms with Crippen LogP contribution in [0.4, 0.5) is 23.2 Å². The van der Waals surface area contributed by atoms with E-state index < -0.39 is 23.1 Å². The molecule has 0 spiro atoms. The summed E-state index contributed by atoms with van der Waals surface area (Å²) >= 11 is -0.416. The molecule has 0 heterocycles. The minimum absolute atomic E-state index is 0.0359. The Morgan fingerprint density at radius 3 is 2.43 bits per heavy atom. The second-order valence-electron chi connectivity index (χ2n) is 2.33. The fourth-order valence-corrected chi connectivity index (χ4v) is 1.48. The maximum absolute atomic E-state index is 12.6. The van der Waals surface area contributed by atoms with Crippen molar-refractivity contribution in [1.82, 2.24) is 0 Å². The Kier molecular flexibility index (Phi) is 3.22. The zero-order chi connectivity index (χ0) is 10.8. The van der Waals surface area contributed by atoms with Crippen molar-refractivity contribution in [3.63, 3.8) is 0 Å². The van der Waals surface area contributed by atoms with E-state index in [0.717, 1.165) is 18.2 Å². The van der Waals surface area contributed by atoms with Gasteiger partial charge in [0.15, 0.2) is 0 Å². The Labute approximate surface area is 81.4 Å². The summed E-state index contributed by atoms with van der Waals surface area (Å²) in [6.07, 6.45) is 0. The first kappa shape index (κ1) is 11.1. The van der Waals surface area contributed by atoms with Crippen LogP contribution in [0.25, 0.3) is 0 Å². The largest absolute Gasteiger partial charge is 0.446 e. The van der Waals surface area contributed by atoms with Crippen molar-refractivity contribution in [2.24, 2.45) is 5.84 Å². The second-order valence-corrected chi connectivity index (χ2v) is 3.44. The summed E-state index contributed by atoms with van der Waals surface area (Å²) in [5.74, 6) is 4.23. The van der Waals surface area contributed by atoms with E-state index in [1.807, 2.05) is 0 Å². The van der Waals surface area contributed by atoms with Gasteiger partial charge in [0.25, 0.3) is 0 Å². The molecule has 0 bridgehead atoms. The first-order valence-electron chi connectivity index (χ1n) is 3.44. The van der Waals surface area contributed by atoms with E-state index in [1.165, 1.54) is 0 Å². The molecule has 0 aliphatic rings. The summed E-state index contributed by atoms with van der Waals surface area (Å²) in [6.45, 7) is 0. The van der Waals surface area contributed by atoms with E-state index in [9.17, 15) is 17.6 Å². The predicted molar refractivity (Wildman–Crippen MR) is 46.1 cm³/mol. The van der Waals surface area contributed by atoms with E-state index in [-0.39, 0.29) is 10.6 Å². The molecule has 7 heteroatoms. The fraction of sp³-hybridized carbons (Fsp3) is 0.143. The lowest BCUT2D eigenvalue weighted by Gasteiger charge is -2.10. The van der Waals surface area contributed by atoms with Crippen LogP contribution in [0.3, 0.4) is 0 Å². The third-order valence-electron chi connectivity index (χ3n) is 1.32. The van der Waals surface area contributed by atoms with E-state index >= 15 is 0 Å². The summed E-state index contributed by atoms with van der Waals surface area (Å²) in [7, 11) is 0. The normalized spacial score (nSPS) is 11.5. The molecule has 0 atom stereocenters. The van der Waals surface area contributed by atoms with Crippen LogP contribution in [0.5, 0.6) is 0 Å². The van der Waals surface area contributed by atoms with E-state index in [1.54, 1.807) is 0 Å². The first-order valence-corrected chi connectivity index (χ1v) is 4.26. The summed E-state index contributed by atoms with van der Waals surface area (Å²) < 4.78 is 48.5. The highest BCUT2D eigenvalue weighted by Gasteiger charge is 2.30. The second kappa shape index (κ2) is 4.05. The van der Waals surface area contributed by atoms with Gasteiger partial charge in [0.2, 0.25) is 0 Å². The van der Waals surface area contributed by atoms with Crippen LogP contribution in [-0.4, -0.2) is 5.51 Å². The molecule has 2 nitrogen and oxygen atoms in total. The Balaban J connectivity index is 2.99. The van der Waals surface area contributed by atoms with Gasteiger partial charge in [0.1, 0.15) is 5.82 Å². The quantitative estimate of drug-likeness (QED) is 0.352. The lowest BCUT2D eigenvalue weighted by atomic mass is 10.3. The number of nitrogen functional groups attached to an aromatic ring is 1. The summed E-state index contributed by atoms with van der Waals surface area (Å²) in [5, 5.41) is 0. The van der Waals surface area contributed by atoms with E-state index in [2.05, 4.69) is 5.43 Å². The fourth-order valence-electron chi connectivity index (χ4n) is 0.825. The monoisotopic (exact) mass is 226 g/mol. The number of benzene rings is 1. The highest BCUT2D eigenvalue weighted by molar-refractivity contribution is 8.00. The van der Waals surface area contributed by atoms with Gasteiger partial charge in [-0.25, -0.2) is 4.39 Å². The smallest absolute Gasteiger partial charge is 0.323 e. The Morgan fingerprint density at radius 1 is 1.29 bits per heavy atom. The topological polar surface area (TPSA) is 38.0 Å². The molecule has 0 unspecified atom stereocenters. The SMILES string of the molecule is NNc1ccc(F)cc1SC(F)(F)F. The van der Waals surface area contributed by atoms with Crippen LogP contribution in [0.2, 0.25) is 0 Å². The number of hydrogen-bond acceptors (Lipinski definition) is 3. The molecule has 1 rings (SSSR count). The molecule has 0 aliphatic heterocycles. The zero-order valence-electron chi connectivity index (χ0n) is 6.73. The van der Waals surface area contributed by atoms with Crippen molar-refractivity contribution >= 4 is 17.4 Å². The average Bonchev–Trinajstić information content (AvgIpc) is 2.01. The van der Waals surface area contributed by atoms with Gasteiger partial charge in [-0.1, -0.05) is 0 Å². The van der Waals surface area contributed by atoms with Gasteiger partial charge < -0.3 is 5.43 Å². The predicted octanol–water partition coefficient (Wildman–Crippen LogP) is 2.72.